The molecule has 11 heteroatoms. The van der Waals surface area contributed by atoms with Gasteiger partial charge in [-0.05, 0) is 22.3 Å². The van der Waals surface area contributed by atoms with E-state index in [1.165, 1.54) is 6.08 Å². The number of alkyl carbamates (subject to hydrolysis) is 1. The number of carbonyl (C=O) groups excluding carboxylic acids is 2. The van der Waals surface area contributed by atoms with E-state index < -0.39 is 55.7 Å². The molecule has 4 rings (SSSR count). The number of hydrogen-bond donors (Lipinski definition) is 2. The monoisotopic (exact) mass is 530 g/mol. The molecule has 9 nitrogen and oxygen atoms in total. The van der Waals surface area contributed by atoms with Crippen molar-refractivity contribution < 1.29 is 42.5 Å². The number of alkyl halides is 2. The first-order valence-corrected chi connectivity index (χ1v) is 12.0. The topological polar surface area (TPSA) is 114 Å². The van der Waals surface area contributed by atoms with Gasteiger partial charge in [-0.1, -0.05) is 61.2 Å². The van der Waals surface area contributed by atoms with Gasteiger partial charge >= 0.3 is 18.2 Å². The van der Waals surface area contributed by atoms with E-state index in [0.29, 0.717) is 0 Å². The fourth-order valence-electron chi connectivity index (χ4n) is 4.75. The van der Waals surface area contributed by atoms with Gasteiger partial charge in [0.1, 0.15) is 13.2 Å². The van der Waals surface area contributed by atoms with Crippen molar-refractivity contribution in [3.8, 4) is 11.1 Å². The van der Waals surface area contributed by atoms with Crippen LogP contribution in [0.5, 0.6) is 0 Å². The van der Waals surface area contributed by atoms with Crippen molar-refractivity contribution >= 4 is 18.2 Å². The normalized spacial score (nSPS) is 18.3. The van der Waals surface area contributed by atoms with Gasteiger partial charge in [-0.25, -0.2) is 23.2 Å². The fraction of sp³-hybridized carbons (Fsp3) is 0.370. The summed E-state index contributed by atoms with van der Waals surface area (Å²) in [4.78, 5) is 37.1. The molecule has 1 heterocycles. The Morgan fingerprint density at radius 1 is 1.08 bits per heavy atom. The van der Waals surface area contributed by atoms with Crippen LogP contribution in [-0.4, -0.2) is 79.1 Å². The van der Waals surface area contributed by atoms with Gasteiger partial charge in [-0.3, -0.25) is 4.90 Å². The van der Waals surface area contributed by atoms with E-state index in [1.54, 1.807) is 0 Å². The zero-order chi connectivity index (χ0) is 27.3. The van der Waals surface area contributed by atoms with E-state index in [4.69, 9.17) is 14.2 Å². The second kappa shape index (κ2) is 11.6. The molecule has 2 N–H and O–H groups in total. The van der Waals surface area contributed by atoms with Crippen molar-refractivity contribution in [1.29, 1.82) is 0 Å². The number of carboxylic acids is 1. The number of likely N-dealkylation sites (tertiary alicyclic amines) is 1. The van der Waals surface area contributed by atoms with E-state index in [0.717, 1.165) is 27.2 Å². The van der Waals surface area contributed by atoms with E-state index >= 15 is 0 Å². The summed E-state index contributed by atoms with van der Waals surface area (Å²) in [5.41, 5.74) is 4.11. The maximum atomic E-state index is 13.9. The molecule has 1 aliphatic heterocycles. The first-order valence-electron chi connectivity index (χ1n) is 12.0. The van der Waals surface area contributed by atoms with Gasteiger partial charge in [-0.15, -0.1) is 0 Å². The number of amides is 2. The van der Waals surface area contributed by atoms with Crippen LogP contribution < -0.4 is 5.32 Å². The highest BCUT2D eigenvalue weighted by atomic mass is 19.3. The highest BCUT2D eigenvalue weighted by Crippen LogP contribution is 2.44. The summed E-state index contributed by atoms with van der Waals surface area (Å²) in [6.07, 6.45) is -1.25. The number of aliphatic carboxylic acids is 1. The van der Waals surface area contributed by atoms with E-state index in [1.807, 2.05) is 48.5 Å². The third-order valence-corrected chi connectivity index (χ3v) is 6.46. The van der Waals surface area contributed by atoms with Crippen LogP contribution in [0, 0.1) is 0 Å². The molecule has 1 fully saturated rings. The van der Waals surface area contributed by atoms with E-state index in [2.05, 4.69) is 11.9 Å². The van der Waals surface area contributed by atoms with Gasteiger partial charge < -0.3 is 24.6 Å². The number of benzene rings is 2. The summed E-state index contributed by atoms with van der Waals surface area (Å²) < 4.78 is 43.4. The van der Waals surface area contributed by atoms with Crippen LogP contribution in [0.2, 0.25) is 0 Å². The number of carbonyl (C=O) groups is 3. The number of ether oxygens (including phenoxy) is 3. The Labute approximate surface area is 218 Å². The molecule has 202 valence electrons. The predicted molar refractivity (Wildman–Crippen MR) is 132 cm³/mol. The van der Waals surface area contributed by atoms with Crippen LogP contribution in [0.25, 0.3) is 11.1 Å². The molecule has 2 aliphatic rings. The Bertz CT molecular complexity index is 1160. The molecule has 0 unspecified atom stereocenters. The minimum absolute atomic E-state index is 0.00794. The molecule has 38 heavy (non-hydrogen) atoms. The Morgan fingerprint density at radius 3 is 2.32 bits per heavy atom. The lowest BCUT2D eigenvalue weighted by molar-refractivity contribution is -0.141. The lowest BCUT2D eigenvalue weighted by Crippen LogP contribution is -2.45. The van der Waals surface area contributed by atoms with Gasteiger partial charge in [0, 0.05) is 12.3 Å². The zero-order valence-electron chi connectivity index (χ0n) is 20.5. The van der Waals surface area contributed by atoms with E-state index in [9.17, 15) is 28.3 Å². The molecule has 0 spiro atoms. The molecule has 2 aromatic carbocycles. The SMILES string of the molecule is C=CCOC(=O)N1CC(F)(F)C[C@H]1COC[C@H](NC(=O)OCC1c2ccccc2-c2ccccc21)C(=O)O. The zero-order valence-corrected chi connectivity index (χ0v) is 20.5. The summed E-state index contributed by atoms with van der Waals surface area (Å²) in [5.74, 6) is -4.73. The third kappa shape index (κ3) is 6.10. The van der Waals surface area contributed by atoms with Crippen LogP contribution in [0.3, 0.4) is 0 Å². The number of nitrogens with one attached hydrogen (secondary N) is 1. The average Bonchev–Trinajstić information content (AvgIpc) is 3.38. The minimum Gasteiger partial charge on any atom is -0.480 e. The Morgan fingerprint density at radius 2 is 1.71 bits per heavy atom. The lowest BCUT2D eigenvalue weighted by atomic mass is 9.98. The van der Waals surface area contributed by atoms with Gasteiger partial charge in [0.2, 0.25) is 0 Å². The van der Waals surface area contributed by atoms with Crippen LogP contribution >= 0.6 is 0 Å². The highest BCUT2D eigenvalue weighted by Gasteiger charge is 2.47. The minimum atomic E-state index is -3.13. The summed E-state index contributed by atoms with van der Waals surface area (Å²) in [6, 6.07) is 13.0. The van der Waals surface area contributed by atoms with Crippen molar-refractivity contribution in [2.45, 2.75) is 30.3 Å². The second-order valence-corrected chi connectivity index (χ2v) is 9.11. The first-order chi connectivity index (χ1) is 18.2. The quantitative estimate of drug-likeness (QED) is 0.446. The summed E-state index contributed by atoms with van der Waals surface area (Å²) >= 11 is 0. The molecule has 2 atom stereocenters. The maximum absolute atomic E-state index is 13.9. The standard InChI is InChI=1S/C27H28F2N2O7/c1-2-11-37-26(35)31-16-27(28,29)12-17(31)13-36-15-23(24(32)33)30-25(34)38-14-22-20-9-5-3-7-18(20)19-8-4-6-10-21(19)22/h2-10,17,22-23H,1,11-16H2,(H,30,34)(H,32,33)/t17-,23-/m0/s1. The van der Waals surface area contributed by atoms with Crippen molar-refractivity contribution in [3.05, 3.63) is 72.3 Å². The van der Waals surface area contributed by atoms with Crippen molar-refractivity contribution in [3.63, 3.8) is 0 Å². The Kier molecular flexibility index (Phi) is 8.26. The Hall–Kier alpha value is -3.99. The fourth-order valence-corrected chi connectivity index (χ4v) is 4.75. The predicted octanol–water partition coefficient (Wildman–Crippen LogP) is 4.03. The van der Waals surface area contributed by atoms with Crippen LogP contribution in [0.1, 0.15) is 23.5 Å². The number of rotatable bonds is 10. The lowest BCUT2D eigenvalue weighted by Gasteiger charge is -2.23. The molecule has 1 saturated heterocycles. The first kappa shape index (κ1) is 27.1. The average molecular weight is 531 g/mol. The summed E-state index contributed by atoms with van der Waals surface area (Å²) in [7, 11) is 0. The van der Waals surface area contributed by atoms with Crippen molar-refractivity contribution in [2.75, 3.05) is 33.0 Å². The molecular weight excluding hydrogens is 502 g/mol. The molecule has 0 bridgehead atoms. The number of carboxylic acid groups (broad SMARTS) is 1. The van der Waals surface area contributed by atoms with Gasteiger partial charge in [0.25, 0.3) is 5.92 Å². The van der Waals surface area contributed by atoms with E-state index in [-0.39, 0.29) is 25.7 Å². The van der Waals surface area contributed by atoms with Crippen molar-refractivity contribution in [1.82, 2.24) is 10.2 Å². The third-order valence-electron chi connectivity index (χ3n) is 6.46. The van der Waals surface area contributed by atoms with Gasteiger partial charge in [-0.2, -0.15) is 0 Å². The smallest absolute Gasteiger partial charge is 0.410 e. The molecule has 2 amide bonds. The molecular formula is C27H28F2N2O7. The molecule has 0 saturated carbocycles. The number of nitrogens with zero attached hydrogens (tertiary/aromatic N) is 1. The highest BCUT2D eigenvalue weighted by molar-refractivity contribution is 5.81. The van der Waals surface area contributed by atoms with Gasteiger partial charge in [0.15, 0.2) is 6.04 Å². The summed E-state index contributed by atoms with van der Waals surface area (Å²) in [6.45, 7) is 1.54. The Balaban J connectivity index is 1.30. The second-order valence-electron chi connectivity index (χ2n) is 9.11. The van der Waals surface area contributed by atoms with Crippen LogP contribution in [-0.2, 0) is 19.0 Å². The van der Waals surface area contributed by atoms with Gasteiger partial charge in [0.05, 0.1) is 25.8 Å². The largest absolute Gasteiger partial charge is 0.480 e. The molecule has 0 aromatic heterocycles. The number of halogens is 2. The molecule has 1 aliphatic carbocycles. The molecule has 2 aromatic rings. The molecule has 0 radical (unpaired) electrons. The number of hydrogen-bond acceptors (Lipinski definition) is 6. The number of fused-ring (bicyclic) bond motifs is 3. The maximum Gasteiger partial charge on any atom is 0.410 e. The van der Waals surface area contributed by atoms with Crippen molar-refractivity contribution in [2.24, 2.45) is 0 Å². The van der Waals surface area contributed by atoms with Crippen LogP contribution in [0.4, 0.5) is 18.4 Å². The van der Waals surface area contributed by atoms with Crippen LogP contribution in [0.15, 0.2) is 61.2 Å². The summed E-state index contributed by atoms with van der Waals surface area (Å²) in [5, 5.41) is 11.8.